The second-order valence-electron chi connectivity index (χ2n) is 4.47. The normalized spacial score (nSPS) is 12.6. The minimum atomic E-state index is -0.215. The Morgan fingerprint density at radius 1 is 1.06 bits per heavy atom. The molecule has 1 atom stereocenters. The van der Waals surface area contributed by atoms with Crippen LogP contribution in [0.25, 0.3) is 0 Å². The number of hydrogen-bond donors (Lipinski definition) is 2. The number of nitrogens with one attached hydrogen (secondary N) is 1. The fourth-order valence-electron chi connectivity index (χ4n) is 1.82. The zero-order chi connectivity index (χ0) is 12.2. The number of unbranched alkanes of at least 4 members (excludes halogenated alkanes) is 5. The Morgan fingerprint density at radius 2 is 1.69 bits per heavy atom. The van der Waals surface area contributed by atoms with Crippen molar-refractivity contribution in [3.63, 3.8) is 0 Å². The van der Waals surface area contributed by atoms with Gasteiger partial charge in [0.2, 0.25) is 5.91 Å². The molecule has 0 aromatic rings. The Hall–Kier alpha value is -0.570. The maximum absolute atomic E-state index is 11.1. The van der Waals surface area contributed by atoms with Crippen molar-refractivity contribution in [2.45, 2.75) is 71.3 Å². The van der Waals surface area contributed by atoms with Gasteiger partial charge in [0, 0.05) is 0 Å². The number of nitrogens with two attached hydrogens (primary N) is 1. The van der Waals surface area contributed by atoms with Crippen molar-refractivity contribution < 1.29 is 4.79 Å². The summed E-state index contributed by atoms with van der Waals surface area (Å²) in [6.45, 7) is 5.21. The SMILES string of the molecule is CCCCCCCCNC(CCC)C(N)=O. The number of amides is 1. The highest BCUT2D eigenvalue weighted by molar-refractivity contribution is 5.79. The zero-order valence-corrected chi connectivity index (χ0v) is 10.9. The molecule has 0 aromatic carbocycles. The third-order valence-electron chi connectivity index (χ3n) is 2.84. The summed E-state index contributed by atoms with van der Waals surface area (Å²) in [5.74, 6) is -0.215. The molecular weight excluding hydrogens is 200 g/mol. The summed E-state index contributed by atoms with van der Waals surface area (Å²) in [6.07, 6.45) is 9.53. The number of hydrogen-bond acceptors (Lipinski definition) is 2. The minimum Gasteiger partial charge on any atom is -0.368 e. The summed E-state index contributed by atoms with van der Waals surface area (Å²) in [4.78, 5) is 11.1. The second kappa shape index (κ2) is 10.9. The highest BCUT2D eigenvalue weighted by atomic mass is 16.1. The van der Waals surface area contributed by atoms with Gasteiger partial charge in [-0.15, -0.1) is 0 Å². The first-order valence-corrected chi connectivity index (χ1v) is 6.75. The summed E-state index contributed by atoms with van der Waals surface area (Å²) in [7, 11) is 0. The van der Waals surface area contributed by atoms with E-state index in [1.165, 1.54) is 32.1 Å². The van der Waals surface area contributed by atoms with Gasteiger partial charge in [-0.05, 0) is 19.4 Å². The third-order valence-corrected chi connectivity index (χ3v) is 2.84. The average Bonchev–Trinajstić information content (AvgIpc) is 2.26. The Bertz CT molecular complexity index is 171. The summed E-state index contributed by atoms with van der Waals surface area (Å²) >= 11 is 0. The van der Waals surface area contributed by atoms with Crippen molar-refractivity contribution in [2.75, 3.05) is 6.54 Å². The summed E-state index contributed by atoms with van der Waals surface area (Å²) < 4.78 is 0. The highest BCUT2D eigenvalue weighted by Gasteiger charge is 2.11. The molecule has 0 aliphatic rings. The van der Waals surface area contributed by atoms with Crippen LogP contribution in [0, 0.1) is 0 Å². The van der Waals surface area contributed by atoms with Crippen LogP contribution in [0.5, 0.6) is 0 Å². The Morgan fingerprint density at radius 3 is 2.25 bits per heavy atom. The largest absolute Gasteiger partial charge is 0.368 e. The van der Waals surface area contributed by atoms with Gasteiger partial charge in [0.15, 0.2) is 0 Å². The van der Waals surface area contributed by atoms with Gasteiger partial charge < -0.3 is 11.1 Å². The highest BCUT2D eigenvalue weighted by Crippen LogP contribution is 2.04. The quantitative estimate of drug-likeness (QED) is 0.534. The standard InChI is InChI=1S/C13H28N2O/c1-3-5-6-7-8-9-11-15-12(10-4-2)13(14)16/h12,15H,3-11H2,1-2H3,(H2,14,16). The lowest BCUT2D eigenvalue weighted by atomic mass is 10.1. The topological polar surface area (TPSA) is 55.1 Å². The van der Waals surface area contributed by atoms with Crippen molar-refractivity contribution in [1.29, 1.82) is 0 Å². The first kappa shape index (κ1) is 15.4. The van der Waals surface area contributed by atoms with E-state index in [9.17, 15) is 4.79 Å². The van der Waals surface area contributed by atoms with Crippen LogP contribution in [0.1, 0.15) is 65.2 Å². The third kappa shape index (κ3) is 8.72. The van der Waals surface area contributed by atoms with Gasteiger partial charge in [-0.25, -0.2) is 0 Å². The Balaban J connectivity index is 3.37. The molecule has 1 unspecified atom stereocenters. The van der Waals surface area contributed by atoms with E-state index in [0.29, 0.717) is 0 Å². The van der Waals surface area contributed by atoms with Crippen LogP contribution in [0.2, 0.25) is 0 Å². The molecule has 0 saturated heterocycles. The number of primary amides is 1. The molecule has 0 spiro atoms. The molecule has 0 bridgehead atoms. The van der Waals surface area contributed by atoms with Gasteiger partial charge >= 0.3 is 0 Å². The van der Waals surface area contributed by atoms with E-state index in [2.05, 4.69) is 19.2 Å². The van der Waals surface area contributed by atoms with Crippen LogP contribution in [0.3, 0.4) is 0 Å². The van der Waals surface area contributed by atoms with Crippen LogP contribution in [-0.4, -0.2) is 18.5 Å². The Kier molecular flexibility index (Phi) is 10.5. The van der Waals surface area contributed by atoms with Crippen LogP contribution >= 0.6 is 0 Å². The molecule has 16 heavy (non-hydrogen) atoms. The van der Waals surface area contributed by atoms with Crippen LogP contribution in [-0.2, 0) is 4.79 Å². The van der Waals surface area contributed by atoms with Crippen molar-refractivity contribution in [1.82, 2.24) is 5.32 Å². The monoisotopic (exact) mass is 228 g/mol. The van der Waals surface area contributed by atoms with E-state index in [4.69, 9.17) is 5.73 Å². The van der Waals surface area contributed by atoms with Crippen LogP contribution in [0.4, 0.5) is 0 Å². The molecule has 0 rings (SSSR count). The molecule has 0 aliphatic carbocycles. The van der Waals surface area contributed by atoms with Gasteiger partial charge in [0.05, 0.1) is 6.04 Å². The molecule has 0 heterocycles. The first-order chi connectivity index (χ1) is 7.72. The van der Waals surface area contributed by atoms with Gasteiger partial charge in [-0.1, -0.05) is 52.4 Å². The predicted molar refractivity (Wildman–Crippen MR) is 69.3 cm³/mol. The fourth-order valence-corrected chi connectivity index (χ4v) is 1.82. The van der Waals surface area contributed by atoms with Crippen molar-refractivity contribution >= 4 is 5.91 Å². The van der Waals surface area contributed by atoms with Gasteiger partial charge in [-0.3, -0.25) is 4.79 Å². The molecule has 0 fully saturated rings. The van der Waals surface area contributed by atoms with Crippen molar-refractivity contribution in [2.24, 2.45) is 5.73 Å². The number of carbonyl (C=O) groups is 1. The average molecular weight is 228 g/mol. The van der Waals surface area contributed by atoms with Gasteiger partial charge in [0.25, 0.3) is 0 Å². The Labute approximate surface area is 100 Å². The zero-order valence-electron chi connectivity index (χ0n) is 10.9. The maximum atomic E-state index is 11.1. The van der Waals surface area contributed by atoms with Crippen LogP contribution in [0.15, 0.2) is 0 Å². The van der Waals surface area contributed by atoms with Crippen molar-refractivity contribution in [3.05, 3.63) is 0 Å². The molecule has 0 saturated carbocycles. The van der Waals surface area contributed by atoms with E-state index >= 15 is 0 Å². The molecule has 1 amide bonds. The molecular formula is C13H28N2O. The molecule has 0 aromatic heterocycles. The second-order valence-corrected chi connectivity index (χ2v) is 4.47. The fraction of sp³-hybridized carbons (Fsp3) is 0.923. The predicted octanol–water partition coefficient (Wildman–Crippen LogP) is 2.59. The lowest BCUT2D eigenvalue weighted by molar-refractivity contribution is -0.120. The number of rotatable bonds is 11. The molecule has 3 heteroatoms. The van der Waals surface area contributed by atoms with E-state index in [0.717, 1.165) is 25.8 Å². The minimum absolute atomic E-state index is 0.124. The van der Waals surface area contributed by atoms with Crippen LogP contribution < -0.4 is 11.1 Å². The van der Waals surface area contributed by atoms with Crippen molar-refractivity contribution in [3.8, 4) is 0 Å². The molecule has 96 valence electrons. The summed E-state index contributed by atoms with van der Waals surface area (Å²) in [5.41, 5.74) is 5.30. The van der Waals surface area contributed by atoms with E-state index in [1.807, 2.05) is 0 Å². The van der Waals surface area contributed by atoms with Gasteiger partial charge in [0.1, 0.15) is 0 Å². The smallest absolute Gasteiger partial charge is 0.234 e. The van der Waals surface area contributed by atoms with Gasteiger partial charge in [-0.2, -0.15) is 0 Å². The van der Waals surface area contributed by atoms with E-state index in [1.54, 1.807) is 0 Å². The van der Waals surface area contributed by atoms with E-state index < -0.39 is 0 Å². The number of carbonyl (C=O) groups excluding carboxylic acids is 1. The molecule has 0 aliphatic heterocycles. The first-order valence-electron chi connectivity index (χ1n) is 6.75. The molecule has 0 radical (unpaired) electrons. The maximum Gasteiger partial charge on any atom is 0.234 e. The van der Waals surface area contributed by atoms with E-state index in [-0.39, 0.29) is 11.9 Å². The lowest BCUT2D eigenvalue weighted by Gasteiger charge is -2.14. The molecule has 3 N–H and O–H groups in total. The summed E-state index contributed by atoms with van der Waals surface area (Å²) in [5, 5.41) is 3.24. The lowest BCUT2D eigenvalue weighted by Crippen LogP contribution is -2.41. The molecule has 3 nitrogen and oxygen atoms in total. The summed E-state index contributed by atoms with van der Waals surface area (Å²) in [6, 6.07) is -0.124.